The van der Waals surface area contributed by atoms with Gasteiger partial charge in [-0.15, -0.1) is 11.3 Å². The first kappa shape index (κ1) is 16.9. The number of nitrogens with zero attached hydrogens (tertiary/aromatic N) is 1. The zero-order valence-corrected chi connectivity index (χ0v) is 14.6. The number of nitrogens with one attached hydrogen (secondary N) is 1. The minimum Gasteiger partial charge on any atom is -0.399 e. The van der Waals surface area contributed by atoms with E-state index >= 15 is 0 Å². The molecule has 3 N–H and O–H groups in total. The van der Waals surface area contributed by atoms with Gasteiger partial charge in [0, 0.05) is 29.4 Å². The molecule has 2 rings (SSSR count). The van der Waals surface area contributed by atoms with Crippen molar-refractivity contribution in [1.29, 1.82) is 0 Å². The van der Waals surface area contributed by atoms with E-state index in [-0.39, 0.29) is 10.3 Å². The van der Waals surface area contributed by atoms with Gasteiger partial charge in [0.05, 0.1) is 15.6 Å². The molecule has 7 heteroatoms. The lowest BCUT2D eigenvalue weighted by Crippen LogP contribution is -2.26. The maximum atomic E-state index is 12.2. The molecule has 0 saturated heterocycles. The summed E-state index contributed by atoms with van der Waals surface area (Å²) in [5.41, 5.74) is 7.09. The quantitative estimate of drug-likeness (QED) is 0.820. The highest BCUT2D eigenvalue weighted by atomic mass is 32.2. The molecule has 0 amide bonds. The summed E-state index contributed by atoms with van der Waals surface area (Å²) in [7, 11) is -3.53. The molecule has 0 fully saturated rings. The summed E-state index contributed by atoms with van der Waals surface area (Å²) >= 11 is 1.56. The number of benzene rings is 1. The van der Waals surface area contributed by atoms with Crippen molar-refractivity contribution >= 4 is 27.0 Å². The Kier molecular flexibility index (Phi) is 4.89. The number of aromatic nitrogens is 1. The van der Waals surface area contributed by atoms with Crippen LogP contribution in [0.2, 0.25) is 0 Å². The fourth-order valence-corrected chi connectivity index (χ4v) is 3.94. The molecule has 120 valence electrons. The molecular formula is C15H21N3O2S2. The second kappa shape index (κ2) is 6.36. The third-order valence-electron chi connectivity index (χ3n) is 3.12. The zero-order valence-electron chi connectivity index (χ0n) is 13.0. The predicted molar refractivity (Wildman–Crippen MR) is 90.6 cm³/mol. The summed E-state index contributed by atoms with van der Waals surface area (Å²) in [6, 6.07) is 6.26. The molecule has 22 heavy (non-hydrogen) atoms. The number of nitrogen functional groups attached to an aromatic ring is 1. The largest absolute Gasteiger partial charge is 0.399 e. The van der Waals surface area contributed by atoms with E-state index in [1.54, 1.807) is 23.5 Å². The standard InChI is InChI=1S/C15H21N3O2S2/c1-15(2,3)13-10-21-14(18-13)7-8-17-22(19,20)12-6-4-5-11(16)9-12/h4-6,9-10,17H,7-8,16H2,1-3H3. The summed E-state index contributed by atoms with van der Waals surface area (Å²) in [6.45, 7) is 6.63. The van der Waals surface area contributed by atoms with E-state index in [0.29, 0.717) is 18.7 Å². The van der Waals surface area contributed by atoms with E-state index in [9.17, 15) is 8.42 Å². The zero-order chi connectivity index (χ0) is 16.4. The van der Waals surface area contributed by atoms with E-state index in [1.807, 2.05) is 5.38 Å². The lowest BCUT2D eigenvalue weighted by atomic mass is 9.93. The summed E-state index contributed by atoms with van der Waals surface area (Å²) < 4.78 is 26.9. The van der Waals surface area contributed by atoms with Crippen LogP contribution in [0.5, 0.6) is 0 Å². The smallest absolute Gasteiger partial charge is 0.240 e. The Morgan fingerprint density at radius 2 is 2.05 bits per heavy atom. The van der Waals surface area contributed by atoms with Gasteiger partial charge in [-0.1, -0.05) is 26.8 Å². The van der Waals surface area contributed by atoms with Crippen LogP contribution < -0.4 is 10.5 Å². The molecule has 0 bridgehead atoms. The van der Waals surface area contributed by atoms with Gasteiger partial charge in [-0.3, -0.25) is 0 Å². The summed E-state index contributed by atoms with van der Waals surface area (Å²) in [5.74, 6) is 0. The molecule has 0 spiro atoms. The van der Waals surface area contributed by atoms with Crippen molar-refractivity contribution < 1.29 is 8.42 Å². The average molecular weight is 339 g/mol. The van der Waals surface area contributed by atoms with Crippen LogP contribution in [-0.2, 0) is 21.9 Å². The molecule has 0 saturated carbocycles. The van der Waals surface area contributed by atoms with Crippen molar-refractivity contribution in [2.24, 2.45) is 0 Å². The monoisotopic (exact) mass is 339 g/mol. The number of nitrogens with two attached hydrogens (primary N) is 1. The SMILES string of the molecule is CC(C)(C)c1csc(CCNS(=O)(=O)c2cccc(N)c2)n1. The number of hydrogen-bond donors (Lipinski definition) is 2. The Morgan fingerprint density at radius 3 is 2.64 bits per heavy atom. The highest BCUT2D eigenvalue weighted by molar-refractivity contribution is 7.89. The molecule has 2 aromatic rings. The lowest BCUT2D eigenvalue weighted by Gasteiger charge is -2.14. The van der Waals surface area contributed by atoms with Crippen LogP contribution in [-0.4, -0.2) is 19.9 Å². The van der Waals surface area contributed by atoms with Crippen molar-refractivity contribution in [1.82, 2.24) is 9.71 Å². The van der Waals surface area contributed by atoms with Gasteiger partial charge in [0.15, 0.2) is 0 Å². The Labute approximate surface area is 135 Å². The topological polar surface area (TPSA) is 85.1 Å². The van der Waals surface area contributed by atoms with Gasteiger partial charge >= 0.3 is 0 Å². The maximum absolute atomic E-state index is 12.2. The normalized spacial score (nSPS) is 12.5. The fourth-order valence-electron chi connectivity index (χ4n) is 1.83. The maximum Gasteiger partial charge on any atom is 0.240 e. The first-order valence-electron chi connectivity index (χ1n) is 6.98. The minimum absolute atomic E-state index is 0.00974. The molecule has 0 unspecified atom stereocenters. The van der Waals surface area contributed by atoms with Crippen LogP contribution in [0.25, 0.3) is 0 Å². The molecular weight excluding hydrogens is 318 g/mol. The number of hydrogen-bond acceptors (Lipinski definition) is 5. The third-order valence-corrected chi connectivity index (χ3v) is 5.49. The molecule has 5 nitrogen and oxygen atoms in total. The van der Waals surface area contributed by atoms with E-state index < -0.39 is 10.0 Å². The number of thiazole rings is 1. The van der Waals surface area contributed by atoms with E-state index in [1.165, 1.54) is 12.1 Å². The third kappa shape index (κ3) is 4.28. The van der Waals surface area contributed by atoms with Crippen LogP contribution >= 0.6 is 11.3 Å². The molecule has 0 radical (unpaired) electrons. The van der Waals surface area contributed by atoms with Gasteiger partial charge in [-0.2, -0.15) is 0 Å². The first-order valence-corrected chi connectivity index (χ1v) is 9.35. The summed E-state index contributed by atoms with van der Waals surface area (Å²) in [5, 5.41) is 2.96. The Balaban J connectivity index is 1.97. The molecule has 0 atom stereocenters. The Bertz CT molecular complexity index is 746. The van der Waals surface area contributed by atoms with Crippen molar-refractivity contribution in [3.8, 4) is 0 Å². The fraction of sp³-hybridized carbons (Fsp3) is 0.400. The second-order valence-corrected chi connectivity index (χ2v) is 8.81. The second-order valence-electron chi connectivity index (χ2n) is 6.10. The van der Waals surface area contributed by atoms with Crippen molar-refractivity contribution in [3.05, 3.63) is 40.3 Å². The summed E-state index contributed by atoms with van der Waals surface area (Å²) in [4.78, 5) is 4.73. The molecule has 1 aromatic heterocycles. The predicted octanol–water partition coefficient (Wildman–Crippen LogP) is 2.54. The van der Waals surface area contributed by atoms with Gasteiger partial charge in [-0.05, 0) is 18.2 Å². The highest BCUT2D eigenvalue weighted by Gasteiger charge is 2.18. The molecule has 1 heterocycles. The van der Waals surface area contributed by atoms with Gasteiger partial charge in [0.1, 0.15) is 0 Å². The van der Waals surface area contributed by atoms with E-state index in [4.69, 9.17) is 5.73 Å². The number of anilines is 1. The first-order chi connectivity index (χ1) is 10.2. The Hall–Kier alpha value is -1.44. The van der Waals surface area contributed by atoms with Gasteiger partial charge < -0.3 is 5.73 Å². The Morgan fingerprint density at radius 1 is 1.32 bits per heavy atom. The van der Waals surface area contributed by atoms with Crippen LogP contribution in [0.4, 0.5) is 5.69 Å². The highest BCUT2D eigenvalue weighted by Crippen LogP contribution is 2.24. The molecule has 1 aromatic carbocycles. The minimum atomic E-state index is -3.53. The number of rotatable bonds is 5. The van der Waals surface area contributed by atoms with Crippen molar-refractivity contribution in [3.63, 3.8) is 0 Å². The van der Waals surface area contributed by atoms with E-state index in [2.05, 4.69) is 30.5 Å². The molecule has 0 aliphatic carbocycles. The van der Waals surface area contributed by atoms with Crippen LogP contribution in [0.3, 0.4) is 0 Å². The van der Waals surface area contributed by atoms with Gasteiger partial charge in [-0.25, -0.2) is 18.1 Å². The lowest BCUT2D eigenvalue weighted by molar-refractivity contribution is 0.569. The van der Waals surface area contributed by atoms with Crippen molar-refractivity contribution in [2.45, 2.75) is 37.5 Å². The van der Waals surface area contributed by atoms with Crippen LogP contribution in [0, 0.1) is 0 Å². The molecule has 0 aliphatic heterocycles. The van der Waals surface area contributed by atoms with Crippen LogP contribution in [0.15, 0.2) is 34.5 Å². The average Bonchev–Trinajstić information content (AvgIpc) is 2.87. The van der Waals surface area contributed by atoms with Crippen molar-refractivity contribution in [2.75, 3.05) is 12.3 Å². The molecule has 0 aliphatic rings. The van der Waals surface area contributed by atoms with Gasteiger partial charge in [0.25, 0.3) is 0 Å². The van der Waals surface area contributed by atoms with Crippen LogP contribution in [0.1, 0.15) is 31.5 Å². The summed E-state index contributed by atoms with van der Waals surface area (Å²) in [6.07, 6.45) is 0.572. The van der Waals surface area contributed by atoms with Gasteiger partial charge in [0.2, 0.25) is 10.0 Å². The number of sulfonamides is 1. The van der Waals surface area contributed by atoms with E-state index in [0.717, 1.165) is 10.7 Å².